The third kappa shape index (κ3) is 5.86. The summed E-state index contributed by atoms with van der Waals surface area (Å²) in [5.41, 5.74) is 1.94. The van der Waals surface area contributed by atoms with Crippen LogP contribution in [0.3, 0.4) is 0 Å². The minimum atomic E-state index is -0.161. The number of rotatable bonds is 11. The molecule has 22 heavy (non-hydrogen) atoms. The van der Waals surface area contributed by atoms with Crippen molar-refractivity contribution in [2.45, 2.75) is 77.2 Å². The Bertz CT molecular complexity index is 387. The average Bonchev–Trinajstić information content (AvgIpc) is 2.81. The van der Waals surface area contributed by atoms with Crippen molar-refractivity contribution < 1.29 is 9.53 Å². The number of carbonyl (C=O) groups excluding carboxylic acids is 1. The summed E-state index contributed by atoms with van der Waals surface area (Å²) in [5, 5.41) is 0. The summed E-state index contributed by atoms with van der Waals surface area (Å²) in [7, 11) is 3.56. The van der Waals surface area contributed by atoms with E-state index in [1.54, 1.807) is 0 Å². The lowest BCUT2D eigenvalue weighted by Crippen LogP contribution is -2.24. The fraction of sp³-hybridized carbons (Fsp3) is 0.737. The molecule has 0 N–H and O–H groups in total. The van der Waals surface area contributed by atoms with Crippen LogP contribution in [0.1, 0.15) is 71.1 Å². The van der Waals surface area contributed by atoms with Crippen LogP contribution in [0.15, 0.2) is 23.9 Å². The van der Waals surface area contributed by atoms with E-state index in [0.717, 1.165) is 24.1 Å². The first kappa shape index (κ1) is 18.8. The first-order chi connectivity index (χ1) is 10.6. The van der Waals surface area contributed by atoms with Crippen molar-refractivity contribution in [3.63, 3.8) is 0 Å². The molecule has 1 aliphatic rings. The molecular weight excluding hydrogens is 274 g/mol. The summed E-state index contributed by atoms with van der Waals surface area (Å²) < 4.78 is 4.87. The van der Waals surface area contributed by atoms with Crippen molar-refractivity contribution in [3.8, 4) is 0 Å². The minimum absolute atomic E-state index is 0.161. The van der Waals surface area contributed by atoms with Crippen LogP contribution in [0, 0.1) is 0 Å². The molecule has 0 bridgehead atoms. The highest BCUT2D eigenvalue weighted by molar-refractivity contribution is 5.89. The van der Waals surface area contributed by atoms with Crippen LogP contribution in [-0.4, -0.2) is 31.1 Å². The van der Waals surface area contributed by atoms with Gasteiger partial charge < -0.3 is 9.64 Å². The van der Waals surface area contributed by atoms with Gasteiger partial charge in [-0.25, -0.2) is 4.79 Å². The van der Waals surface area contributed by atoms with E-state index in [1.165, 1.54) is 58.5 Å². The molecule has 1 rings (SSSR count). The smallest absolute Gasteiger partial charge is 0.335 e. The van der Waals surface area contributed by atoms with Gasteiger partial charge in [-0.2, -0.15) is 0 Å². The highest BCUT2D eigenvalue weighted by atomic mass is 16.5. The monoisotopic (exact) mass is 307 g/mol. The summed E-state index contributed by atoms with van der Waals surface area (Å²) in [6, 6.07) is 0.474. The molecule has 3 heteroatoms. The Hall–Kier alpha value is -1.25. The molecular formula is C19H33NO2. The van der Waals surface area contributed by atoms with Crippen molar-refractivity contribution in [2.75, 3.05) is 14.2 Å². The topological polar surface area (TPSA) is 29.5 Å². The summed E-state index contributed by atoms with van der Waals surface area (Å²) in [4.78, 5) is 14.0. The van der Waals surface area contributed by atoms with E-state index < -0.39 is 0 Å². The second-order valence-corrected chi connectivity index (χ2v) is 6.37. The number of ether oxygens (including phenoxy) is 1. The maximum absolute atomic E-state index is 11.7. The Morgan fingerprint density at radius 3 is 2.41 bits per heavy atom. The van der Waals surface area contributed by atoms with Gasteiger partial charge in [0, 0.05) is 25.2 Å². The summed E-state index contributed by atoms with van der Waals surface area (Å²) in [6.45, 7) is 5.78. The number of unbranched alkanes of at least 4 members (excludes halogenated alkanes) is 7. The molecule has 0 fully saturated rings. The van der Waals surface area contributed by atoms with Crippen molar-refractivity contribution in [3.05, 3.63) is 23.9 Å². The van der Waals surface area contributed by atoms with Gasteiger partial charge in [-0.15, -0.1) is 6.58 Å². The van der Waals surface area contributed by atoms with Gasteiger partial charge in [-0.3, -0.25) is 0 Å². The molecule has 0 aromatic heterocycles. The van der Waals surface area contributed by atoms with Crippen LogP contribution in [0.25, 0.3) is 0 Å². The van der Waals surface area contributed by atoms with Crippen LogP contribution in [-0.2, 0) is 9.53 Å². The Kier molecular flexibility index (Phi) is 8.95. The zero-order chi connectivity index (χ0) is 16.4. The maximum Gasteiger partial charge on any atom is 0.335 e. The molecule has 0 saturated heterocycles. The van der Waals surface area contributed by atoms with Gasteiger partial charge in [0.05, 0.1) is 12.7 Å². The fourth-order valence-electron chi connectivity index (χ4n) is 3.21. The van der Waals surface area contributed by atoms with Crippen molar-refractivity contribution in [2.24, 2.45) is 0 Å². The van der Waals surface area contributed by atoms with E-state index in [2.05, 4.69) is 18.5 Å². The molecule has 0 saturated carbocycles. The van der Waals surface area contributed by atoms with Gasteiger partial charge in [0.15, 0.2) is 0 Å². The minimum Gasteiger partial charge on any atom is -0.466 e. The van der Waals surface area contributed by atoms with Gasteiger partial charge >= 0.3 is 5.97 Å². The quantitative estimate of drug-likeness (QED) is 0.311. The van der Waals surface area contributed by atoms with Crippen molar-refractivity contribution >= 4 is 5.97 Å². The molecule has 3 nitrogen and oxygen atoms in total. The summed E-state index contributed by atoms with van der Waals surface area (Å²) in [5.74, 6) is -0.161. The molecule has 1 atom stereocenters. The first-order valence-corrected chi connectivity index (χ1v) is 8.73. The van der Waals surface area contributed by atoms with E-state index in [0.29, 0.717) is 6.04 Å². The van der Waals surface area contributed by atoms with Crippen LogP contribution in [0.5, 0.6) is 0 Å². The summed E-state index contributed by atoms with van der Waals surface area (Å²) >= 11 is 0. The third-order valence-electron chi connectivity index (χ3n) is 4.83. The highest BCUT2D eigenvalue weighted by Gasteiger charge is 2.30. The molecule has 126 valence electrons. The van der Waals surface area contributed by atoms with Crippen LogP contribution < -0.4 is 0 Å². The van der Waals surface area contributed by atoms with Gasteiger partial charge in [0.2, 0.25) is 0 Å². The summed E-state index contributed by atoms with van der Waals surface area (Å²) in [6.07, 6.45) is 14.4. The number of allylic oxidation sites excluding steroid dienone is 2. The van der Waals surface area contributed by atoms with Crippen molar-refractivity contribution in [1.29, 1.82) is 0 Å². The van der Waals surface area contributed by atoms with Gasteiger partial charge in [-0.1, -0.05) is 44.6 Å². The van der Waals surface area contributed by atoms with Crippen LogP contribution >= 0.6 is 0 Å². The molecule has 1 aliphatic heterocycles. The SMILES string of the molecule is C=CCCCCCCCCCC1CC(C(=O)OC)=C(C)N1C. The number of hydrogen-bond acceptors (Lipinski definition) is 3. The molecule has 1 heterocycles. The normalized spacial score (nSPS) is 18.0. The Morgan fingerprint density at radius 1 is 1.23 bits per heavy atom. The second-order valence-electron chi connectivity index (χ2n) is 6.37. The zero-order valence-electron chi connectivity index (χ0n) is 14.7. The molecule has 1 unspecified atom stereocenters. The third-order valence-corrected chi connectivity index (χ3v) is 4.83. The second kappa shape index (κ2) is 10.5. The Morgan fingerprint density at radius 2 is 1.82 bits per heavy atom. The fourth-order valence-corrected chi connectivity index (χ4v) is 3.21. The predicted octanol–water partition coefficient (Wildman–Crippen LogP) is 4.83. The molecule has 0 radical (unpaired) electrons. The van der Waals surface area contributed by atoms with E-state index >= 15 is 0 Å². The maximum atomic E-state index is 11.7. The standard InChI is InChI=1S/C19H33NO2/c1-5-6-7-8-9-10-11-12-13-14-17-15-18(19(21)22-4)16(2)20(17)3/h5,17H,1,6-15H2,2-4H3. The number of methoxy groups -OCH3 is 1. The first-order valence-electron chi connectivity index (χ1n) is 8.73. The number of carbonyl (C=O) groups is 1. The van der Waals surface area contributed by atoms with Gasteiger partial charge in [-0.05, 0) is 26.2 Å². The predicted molar refractivity (Wildman–Crippen MR) is 92.6 cm³/mol. The molecule has 0 spiro atoms. The Balaban J connectivity index is 2.12. The molecule has 0 amide bonds. The molecule has 0 aromatic carbocycles. The van der Waals surface area contributed by atoms with Crippen LogP contribution in [0.2, 0.25) is 0 Å². The molecule has 0 aromatic rings. The number of nitrogens with zero attached hydrogens (tertiary/aromatic N) is 1. The van der Waals surface area contributed by atoms with E-state index in [4.69, 9.17) is 4.74 Å². The lowest BCUT2D eigenvalue weighted by molar-refractivity contribution is -0.136. The Labute approximate surface area is 136 Å². The van der Waals surface area contributed by atoms with E-state index in [9.17, 15) is 4.79 Å². The van der Waals surface area contributed by atoms with Crippen LogP contribution in [0.4, 0.5) is 0 Å². The lowest BCUT2D eigenvalue weighted by atomic mass is 10.0. The lowest BCUT2D eigenvalue weighted by Gasteiger charge is -2.23. The number of hydrogen-bond donors (Lipinski definition) is 0. The highest BCUT2D eigenvalue weighted by Crippen LogP contribution is 2.30. The average molecular weight is 307 g/mol. The number of esters is 1. The van der Waals surface area contributed by atoms with E-state index in [-0.39, 0.29) is 5.97 Å². The van der Waals surface area contributed by atoms with Gasteiger partial charge in [0.25, 0.3) is 0 Å². The zero-order valence-corrected chi connectivity index (χ0v) is 14.7. The largest absolute Gasteiger partial charge is 0.466 e. The van der Waals surface area contributed by atoms with Crippen molar-refractivity contribution in [1.82, 2.24) is 4.90 Å². The van der Waals surface area contributed by atoms with E-state index in [1.807, 2.05) is 13.0 Å². The molecule has 0 aliphatic carbocycles. The van der Waals surface area contributed by atoms with Gasteiger partial charge in [0.1, 0.15) is 0 Å².